The molecule has 7 nitrogen and oxygen atoms in total. The molecular formula is C11H14ClN3O4. The SMILES string of the molecule is CCNC(=O)NC(=O)C(C)OC(=O)c1cc(Cl)c[nH]1. The summed E-state index contributed by atoms with van der Waals surface area (Å²) < 4.78 is 4.87. The Hall–Kier alpha value is -2.02. The Kier molecular flexibility index (Phi) is 5.37. The van der Waals surface area contributed by atoms with Gasteiger partial charge in [0.2, 0.25) is 0 Å². The van der Waals surface area contributed by atoms with Crippen LogP contribution < -0.4 is 10.6 Å². The quantitative estimate of drug-likeness (QED) is 0.721. The van der Waals surface area contributed by atoms with Gasteiger partial charge in [-0.25, -0.2) is 9.59 Å². The molecule has 1 aromatic heterocycles. The van der Waals surface area contributed by atoms with Gasteiger partial charge in [-0.15, -0.1) is 0 Å². The van der Waals surface area contributed by atoms with Gasteiger partial charge in [0, 0.05) is 12.7 Å². The predicted molar refractivity (Wildman–Crippen MR) is 67.9 cm³/mol. The predicted octanol–water partition coefficient (Wildman–Crippen LogP) is 1.06. The van der Waals surface area contributed by atoms with E-state index in [0.29, 0.717) is 11.6 Å². The summed E-state index contributed by atoms with van der Waals surface area (Å²) in [5.74, 6) is -1.44. The minimum Gasteiger partial charge on any atom is -0.448 e. The van der Waals surface area contributed by atoms with Crippen molar-refractivity contribution in [2.45, 2.75) is 20.0 Å². The average Bonchev–Trinajstić information content (AvgIpc) is 2.76. The van der Waals surface area contributed by atoms with Crippen LogP contribution >= 0.6 is 11.6 Å². The summed E-state index contributed by atoms with van der Waals surface area (Å²) in [6.45, 7) is 3.45. The van der Waals surface area contributed by atoms with Crippen molar-refractivity contribution >= 4 is 29.5 Å². The third kappa shape index (κ3) is 4.63. The number of hydrogen-bond acceptors (Lipinski definition) is 4. The summed E-state index contributed by atoms with van der Waals surface area (Å²) in [6, 6.07) is 0.733. The maximum Gasteiger partial charge on any atom is 0.355 e. The van der Waals surface area contributed by atoms with Gasteiger partial charge in [-0.05, 0) is 19.9 Å². The zero-order valence-electron chi connectivity index (χ0n) is 10.5. The molecule has 1 atom stereocenters. The van der Waals surface area contributed by atoms with Crippen LogP contribution in [0.25, 0.3) is 0 Å². The Balaban J connectivity index is 2.50. The van der Waals surface area contributed by atoms with Gasteiger partial charge in [-0.2, -0.15) is 0 Å². The summed E-state index contributed by atoms with van der Waals surface area (Å²) in [4.78, 5) is 36.8. The maximum absolute atomic E-state index is 11.6. The first kappa shape index (κ1) is 15.0. The molecule has 19 heavy (non-hydrogen) atoms. The van der Waals surface area contributed by atoms with E-state index in [9.17, 15) is 14.4 Å². The molecule has 1 heterocycles. The van der Waals surface area contributed by atoms with E-state index in [0.717, 1.165) is 0 Å². The lowest BCUT2D eigenvalue weighted by Crippen LogP contribution is -2.44. The Morgan fingerprint density at radius 3 is 2.68 bits per heavy atom. The first-order chi connectivity index (χ1) is 8.93. The molecule has 3 amide bonds. The van der Waals surface area contributed by atoms with Gasteiger partial charge >= 0.3 is 12.0 Å². The fraction of sp³-hybridized carbons (Fsp3) is 0.364. The van der Waals surface area contributed by atoms with E-state index in [4.69, 9.17) is 16.3 Å². The zero-order chi connectivity index (χ0) is 14.4. The third-order valence-corrected chi connectivity index (χ3v) is 2.31. The first-order valence-electron chi connectivity index (χ1n) is 5.57. The second-order valence-corrected chi connectivity index (χ2v) is 4.06. The highest BCUT2D eigenvalue weighted by Crippen LogP contribution is 2.11. The Labute approximate surface area is 114 Å². The molecule has 0 aliphatic carbocycles. The molecule has 1 rings (SSSR count). The van der Waals surface area contributed by atoms with Crippen LogP contribution in [0.2, 0.25) is 5.02 Å². The number of halogens is 1. The number of imide groups is 1. The topological polar surface area (TPSA) is 100 Å². The van der Waals surface area contributed by atoms with E-state index in [1.54, 1.807) is 6.92 Å². The second-order valence-electron chi connectivity index (χ2n) is 3.63. The van der Waals surface area contributed by atoms with E-state index in [-0.39, 0.29) is 5.69 Å². The van der Waals surface area contributed by atoms with Crippen LogP contribution in [0.4, 0.5) is 4.79 Å². The number of H-pyrrole nitrogens is 1. The van der Waals surface area contributed by atoms with E-state index in [1.165, 1.54) is 19.2 Å². The van der Waals surface area contributed by atoms with Crippen molar-refractivity contribution in [2.75, 3.05) is 6.54 Å². The van der Waals surface area contributed by atoms with Crippen LogP contribution in [0.5, 0.6) is 0 Å². The zero-order valence-corrected chi connectivity index (χ0v) is 11.2. The number of nitrogens with one attached hydrogen (secondary N) is 3. The number of esters is 1. The van der Waals surface area contributed by atoms with Crippen molar-refractivity contribution in [1.29, 1.82) is 0 Å². The van der Waals surface area contributed by atoms with Gasteiger partial charge in [-0.1, -0.05) is 11.6 Å². The first-order valence-corrected chi connectivity index (χ1v) is 5.95. The molecule has 0 aliphatic heterocycles. The lowest BCUT2D eigenvalue weighted by molar-refractivity contribution is -0.127. The molecule has 1 unspecified atom stereocenters. The molecule has 8 heteroatoms. The molecule has 0 saturated carbocycles. The summed E-state index contributed by atoms with van der Waals surface area (Å²) in [6.07, 6.45) is 0.314. The normalized spacial score (nSPS) is 11.5. The summed E-state index contributed by atoms with van der Waals surface area (Å²) in [7, 11) is 0. The van der Waals surface area contributed by atoms with Crippen LogP contribution in [0.1, 0.15) is 24.3 Å². The lowest BCUT2D eigenvalue weighted by Gasteiger charge is -2.12. The highest BCUT2D eigenvalue weighted by molar-refractivity contribution is 6.30. The highest BCUT2D eigenvalue weighted by atomic mass is 35.5. The van der Waals surface area contributed by atoms with Crippen molar-refractivity contribution in [1.82, 2.24) is 15.6 Å². The van der Waals surface area contributed by atoms with Crippen molar-refractivity contribution < 1.29 is 19.1 Å². The van der Waals surface area contributed by atoms with Gasteiger partial charge in [0.15, 0.2) is 6.10 Å². The molecule has 0 saturated heterocycles. The average molecular weight is 288 g/mol. The fourth-order valence-corrected chi connectivity index (χ4v) is 1.35. The van der Waals surface area contributed by atoms with Crippen LogP contribution in [-0.2, 0) is 9.53 Å². The van der Waals surface area contributed by atoms with Crippen molar-refractivity contribution in [2.24, 2.45) is 0 Å². The summed E-state index contributed by atoms with van der Waals surface area (Å²) in [5, 5.41) is 4.78. The van der Waals surface area contributed by atoms with Gasteiger partial charge in [0.05, 0.1) is 5.02 Å². The number of amides is 3. The highest BCUT2D eigenvalue weighted by Gasteiger charge is 2.21. The molecule has 0 spiro atoms. The Bertz CT molecular complexity index is 486. The van der Waals surface area contributed by atoms with Gasteiger partial charge in [0.25, 0.3) is 5.91 Å². The number of rotatable bonds is 4. The molecule has 104 valence electrons. The largest absolute Gasteiger partial charge is 0.448 e. The second kappa shape index (κ2) is 6.79. The number of carbonyl (C=O) groups is 3. The summed E-state index contributed by atoms with van der Waals surface area (Å²) in [5.41, 5.74) is 0.127. The van der Waals surface area contributed by atoms with Gasteiger partial charge < -0.3 is 15.0 Å². The number of aromatic amines is 1. The number of aromatic nitrogens is 1. The molecule has 0 bridgehead atoms. The van der Waals surface area contributed by atoms with E-state index in [1.807, 2.05) is 5.32 Å². The Morgan fingerprint density at radius 1 is 1.47 bits per heavy atom. The standard InChI is InChI=1S/C11H14ClN3O4/c1-3-13-11(18)15-9(16)6(2)19-10(17)8-4-7(12)5-14-8/h4-6,14H,3H2,1-2H3,(H2,13,15,16,18). The van der Waals surface area contributed by atoms with E-state index < -0.39 is 24.0 Å². The van der Waals surface area contributed by atoms with Crippen LogP contribution in [-0.4, -0.2) is 35.5 Å². The smallest absolute Gasteiger partial charge is 0.355 e. The molecule has 0 aromatic carbocycles. The molecule has 0 radical (unpaired) electrons. The minimum absolute atomic E-state index is 0.127. The van der Waals surface area contributed by atoms with Crippen molar-refractivity contribution in [3.05, 3.63) is 23.0 Å². The number of urea groups is 1. The van der Waals surface area contributed by atoms with E-state index >= 15 is 0 Å². The van der Waals surface area contributed by atoms with E-state index in [2.05, 4.69) is 10.3 Å². The van der Waals surface area contributed by atoms with Crippen LogP contribution in [0.3, 0.4) is 0 Å². The molecular weight excluding hydrogens is 274 g/mol. The monoisotopic (exact) mass is 287 g/mol. The van der Waals surface area contributed by atoms with Crippen LogP contribution in [0, 0.1) is 0 Å². The number of ether oxygens (including phenoxy) is 1. The van der Waals surface area contributed by atoms with Gasteiger partial charge in [-0.3, -0.25) is 10.1 Å². The van der Waals surface area contributed by atoms with Crippen molar-refractivity contribution in [3.63, 3.8) is 0 Å². The molecule has 3 N–H and O–H groups in total. The minimum atomic E-state index is -1.10. The third-order valence-electron chi connectivity index (χ3n) is 2.09. The summed E-state index contributed by atoms with van der Waals surface area (Å²) >= 11 is 5.64. The number of carbonyl (C=O) groups excluding carboxylic acids is 3. The molecule has 0 aliphatic rings. The number of hydrogen-bond donors (Lipinski definition) is 3. The Morgan fingerprint density at radius 2 is 2.16 bits per heavy atom. The molecule has 0 fully saturated rings. The fourth-order valence-electron chi connectivity index (χ4n) is 1.18. The van der Waals surface area contributed by atoms with Crippen LogP contribution in [0.15, 0.2) is 12.3 Å². The lowest BCUT2D eigenvalue weighted by atomic mass is 10.3. The molecule has 1 aromatic rings. The maximum atomic E-state index is 11.6. The van der Waals surface area contributed by atoms with Gasteiger partial charge in [0.1, 0.15) is 5.69 Å². The van der Waals surface area contributed by atoms with Crippen molar-refractivity contribution in [3.8, 4) is 0 Å².